The molecule has 3 aliphatic carbocycles. The number of allylic oxidation sites excluding steroid dienone is 2. The van der Waals surface area contributed by atoms with Crippen molar-refractivity contribution in [1.82, 2.24) is 9.97 Å². The highest BCUT2D eigenvalue weighted by molar-refractivity contribution is 5.90. The van der Waals surface area contributed by atoms with Gasteiger partial charge >= 0.3 is 29.8 Å². The maximum absolute atomic E-state index is 14.3. The summed E-state index contributed by atoms with van der Waals surface area (Å²) in [6.45, 7) is 11.7. The second-order valence-electron chi connectivity index (χ2n) is 15.5. The van der Waals surface area contributed by atoms with Crippen molar-refractivity contribution in [3.8, 4) is 0 Å². The molecule has 2 saturated carbocycles. The van der Waals surface area contributed by atoms with Crippen LogP contribution in [0.15, 0.2) is 104 Å². The Labute approximate surface area is 329 Å². The molecule has 7 rings (SSSR count). The monoisotopic (exact) mass is 780 g/mol. The number of pyridine rings is 2. The number of aliphatic hydroxyl groups excluding tert-OH is 1. The van der Waals surface area contributed by atoms with Crippen LogP contribution in [0.5, 0.6) is 0 Å². The number of hydrogen-bond donors (Lipinski definition) is 1. The lowest BCUT2D eigenvalue weighted by molar-refractivity contribution is -0.281. The summed E-state index contributed by atoms with van der Waals surface area (Å²) in [5.74, 6) is -7.81. The fourth-order valence-corrected chi connectivity index (χ4v) is 10.0. The van der Waals surface area contributed by atoms with E-state index in [1.165, 1.54) is 50.8 Å². The van der Waals surface area contributed by atoms with Crippen LogP contribution in [0, 0.1) is 29.1 Å². The zero-order chi connectivity index (χ0) is 40.9. The van der Waals surface area contributed by atoms with Gasteiger partial charge < -0.3 is 33.5 Å². The largest absolute Gasteiger partial charge is 0.461 e. The summed E-state index contributed by atoms with van der Waals surface area (Å²) in [6.07, 6.45) is 1.18. The first-order chi connectivity index (χ1) is 27.1. The van der Waals surface area contributed by atoms with Gasteiger partial charge in [0.15, 0.2) is 18.0 Å². The van der Waals surface area contributed by atoms with Crippen LogP contribution in [0.25, 0.3) is 0 Å². The Hall–Kier alpha value is -5.73. The van der Waals surface area contributed by atoms with Crippen molar-refractivity contribution in [2.24, 2.45) is 29.1 Å². The molecule has 1 saturated heterocycles. The van der Waals surface area contributed by atoms with Crippen molar-refractivity contribution in [1.29, 1.82) is 0 Å². The number of hydrogen-bond acceptors (Lipinski definition) is 14. The molecular formula is C43H44N2O12. The lowest BCUT2D eigenvalue weighted by atomic mass is 9.54. The average Bonchev–Trinajstić information content (AvgIpc) is 3.57. The van der Waals surface area contributed by atoms with Crippen molar-refractivity contribution in [3.05, 3.63) is 120 Å². The minimum Gasteiger partial charge on any atom is -0.461 e. The number of ether oxygens (including phenoxy) is 6. The molecule has 1 N–H and O–H groups in total. The van der Waals surface area contributed by atoms with E-state index in [0.717, 1.165) is 0 Å². The van der Waals surface area contributed by atoms with Gasteiger partial charge in [-0.15, -0.1) is 0 Å². The van der Waals surface area contributed by atoms with Gasteiger partial charge in [0.05, 0.1) is 22.6 Å². The van der Waals surface area contributed by atoms with Crippen LogP contribution >= 0.6 is 0 Å². The normalized spacial score (nSPS) is 34.7. The third-order valence-electron chi connectivity index (χ3n) is 11.9. The van der Waals surface area contributed by atoms with Crippen LogP contribution in [0.2, 0.25) is 0 Å². The van der Waals surface area contributed by atoms with Gasteiger partial charge in [-0.1, -0.05) is 43.4 Å². The van der Waals surface area contributed by atoms with Gasteiger partial charge in [-0.2, -0.15) is 0 Å². The molecule has 3 aromatic rings. The summed E-state index contributed by atoms with van der Waals surface area (Å²) in [7, 11) is 0. The van der Waals surface area contributed by atoms with Crippen LogP contribution in [-0.2, 0) is 38.0 Å². The Morgan fingerprint density at radius 3 is 1.95 bits per heavy atom. The SMILES string of the molecule is C=C(C)[C@H]1C=C[C@@H](OC(=O)c2ccccc2)[C@@]23C(O)O[C@@](C)([C@@H](OC(=O)c4cccnc4)[C@@]4(OC(C)=O)C[C@H](C)[C@H](OC(=O)c5cccnc5)[C@@H]4[C@H]2OC(C)=O)[C@H]13. The number of nitrogens with zero attached hydrogens (tertiary/aromatic N) is 2. The van der Waals surface area contributed by atoms with Crippen molar-refractivity contribution < 1.29 is 57.5 Å². The predicted octanol–water partition coefficient (Wildman–Crippen LogP) is 4.83. The summed E-state index contributed by atoms with van der Waals surface area (Å²) >= 11 is 0. The number of rotatable bonds is 9. The van der Waals surface area contributed by atoms with Gasteiger partial charge in [-0.25, -0.2) is 14.4 Å². The van der Waals surface area contributed by atoms with E-state index in [4.69, 9.17) is 28.4 Å². The molecule has 1 unspecified atom stereocenters. The highest BCUT2D eigenvalue weighted by Crippen LogP contribution is 2.70. The minimum atomic E-state index is -1.96. The lowest BCUT2D eigenvalue weighted by Crippen LogP contribution is -2.66. The van der Waals surface area contributed by atoms with Gasteiger partial charge in [-0.05, 0) is 68.7 Å². The van der Waals surface area contributed by atoms with Gasteiger partial charge in [0, 0.05) is 50.5 Å². The van der Waals surface area contributed by atoms with Crippen LogP contribution in [-0.4, -0.2) is 86.8 Å². The number of esters is 5. The molecule has 57 heavy (non-hydrogen) atoms. The van der Waals surface area contributed by atoms with Gasteiger partial charge in [0.2, 0.25) is 0 Å². The Morgan fingerprint density at radius 1 is 0.789 bits per heavy atom. The topological polar surface area (TPSA) is 187 Å². The van der Waals surface area contributed by atoms with E-state index >= 15 is 0 Å². The highest BCUT2D eigenvalue weighted by Gasteiger charge is 2.84. The molecule has 14 heteroatoms. The number of carbonyl (C=O) groups excluding carboxylic acids is 5. The van der Waals surface area contributed by atoms with Gasteiger partial charge in [0.1, 0.15) is 29.3 Å². The van der Waals surface area contributed by atoms with Crippen LogP contribution in [0.1, 0.15) is 72.1 Å². The van der Waals surface area contributed by atoms with Gasteiger partial charge in [0.25, 0.3) is 0 Å². The number of fused-ring (bicyclic) bond motifs is 1. The third-order valence-corrected chi connectivity index (χ3v) is 11.9. The number of carbonyl (C=O) groups is 5. The molecule has 1 aliphatic heterocycles. The quantitative estimate of drug-likeness (QED) is 0.177. The first-order valence-electron chi connectivity index (χ1n) is 18.7. The van der Waals surface area contributed by atoms with Crippen molar-refractivity contribution in [2.45, 2.75) is 82.9 Å². The minimum absolute atomic E-state index is 0.0569. The molecule has 2 bridgehead atoms. The zero-order valence-electron chi connectivity index (χ0n) is 32.1. The average molecular weight is 781 g/mol. The van der Waals surface area contributed by atoms with E-state index in [0.29, 0.717) is 5.57 Å². The Morgan fingerprint density at radius 2 is 1.39 bits per heavy atom. The number of aliphatic hydroxyl groups is 1. The van der Waals surface area contributed by atoms with E-state index < -0.39 is 101 Å². The number of aromatic nitrogens is 2. The highest BCUT2D eigenvalue weighted by atomic mass is 16.7. The Kier molecular flexibility index (Phi) is 10.4. The molecule has 0 amide bonds. The van der Waals surface area contributed by atoms with E-state index in [-0.39, 0.29) is 23.1 Å². The molecule has 12 atom stereocenters. The molecule has 298 valence electrons. The Bertz CT molecular complexity index is 2100. The maximum Gasteiger partial charge on any atom is 0.340 e. The molecule has 3 fully saturated rings. The third kappa shape index (κ3) is 6.50. The molecule has 0 spiro atoms. The first kappa shape index (κ1) is 39.5. The van der Waals surface area contributed by atoms with Crippen molar-refractivity contribution >= 4 is 29.8 Å². The van der Waals surface area contributed by atoms with Crippen LogP contribution < -0.4 is 0 Å². The van der Waals surface area contributed by atoms with Crippen LogP contribution in [0.4, 0.5) is 0 Å². The standard InChI is InChI=1S/C43H44N2O12/c1-23(2)30-16-17-31(53-36(48)27-12-8-7-9-13-27)43-34(30)41(6,57-40(43)51)39(55-38(50)29-15-11-19-45-22-29)42(56-26(5)47)20-24(3)33(32(42)35(43)52-25(4)46)54-37(49)28-14-10-18-44-21-28/h7-19,21-22,24,30-35,39-40,51H,1,20H2,2-6H3/t24-,30+,31+,32+,33-,34-,35+,39+,40?,41+,42+,43-/m0/s1. The maximum atomic E-state index is 14.3. The van der Waals surface area contributed by atoms with E-state index in [1.54, 1.807) is 75.4 Å². The smallest absolute Gasteiger partial charge is 0.340 e. The molecular weight excluding hydrogens is 736 g/mol. The second kappa shape index (κ2) is 15.0. The summed E-state index contributed by atoms with van der Waals surface area (Å²) < 4.78 is 38.6. The van der Waals surface area contributed by atoms with E-state index in [1.807, 2.05) is 0 Å². The molecule has 2 aromatic heterocycles. The van der Waals surface area contributed by atoms with Crippen LogP contribution in [0.3, 0.4) is 0 Å². The fourth-order valence-electron chi connectivity index (χ4n) is 10.0. The van der Waals surface area contributed by atoms with E-state index in [2.05, 4.69) is 16.5 Å². The molecule has 3 heterocycles. The fraction of sp³-hybridized carbons (Fsp3) is 0.419. The predicted molar refractivity (Wildman–Crippen MR) is 199 cm³/mol. The second-order valence-corrected chi connectivity index (χ2v) is 15.5. The zero-order valence-corrected chi connectivity index (χ0v) is 32.1. The Balaban J connectivity index is 1.53. The summed E-state index contributed by atoms with van der Waals surface area (Å²) in [4.78, 5) is 77.3. The first-order valence-corrected chi connectivity index (χ1v) is 18.7. The van der Waals surface area contributed by atoms with E-state index in [9.17, 15) is 29.1 Å². The van der Waals surface area contributed by atoms with Crippen molar-refractivity contribution in [2.75, 3.05) is 0 Å². The van der Waals surface area contributed by atoms with Crippen molar-refractivity contribution in [3.63, 3.8) is 0 Å². The molecule has 1 aromatic carbocycles. The molecule has 4 aliphatic rings. The molecule has 14 nitrogen and oxygen atoms in total. The summed E-state index contributed by atoms with van der Waals surface area (Å²) in [5.41, 5.74) is -4.76. The lowest BCUT2D eigenvalue weighted by Gasteiger charge is -2.52. The molecule has 0 radical (unpaired) electrons. The number of benzene rings is 1. The summed E-state index contributed by atoms with van der Waals surface area (Å²) in [5, 5.41) is 12.6. The van der Waals surface area contributed by atoms with Gasteiger partial charge in [-0.3, -0.25) is 19.6 Å². The summed E-state index contributed by atoms with van der Waals surface area (Å²) in [6, 6.07) is 14.3.